The Kier molecular flexibility index (Phi) is 6.75. The zero-order chi connectivity index (χ0) is 26.2. The van der Waals surface area contributed by atoms with E-state index >= 15 is 0 Å². The van der Waals surface area contributed by atoms with E-state index in [4.69, 9.17) is 9.72 Å². The van der Waals surface area contributed by atoms with Crippen LogP contribution in [0.2, 0.25) is 0 Å². The lowest BCUT2D eigenvalue weighted by molar-refractivity contribution is -0.135. The number of aliphatic hydroxyl groups is 1. The summed E-state index contributed by atoms with van der Waals surface area (Å²) >= 11 is 0. The Hall–Kier alpha value is -3.68. The molecular weight excluding hydrogens is 470 g/mol. The molecular formula is C27H33N7O3. The van der Waals surface area contributed by atoms with Crippen LogP contribution in [0, 0.1) is 17.2 Å². The van der Waals surface area contributed by atoms with Gasteiger partial charge in [0.1, 0.15) is 24.2 Å². The van der Waals surface area contributed by atoms with Gasteiger partial charge in [0.2, 0.25) is 5.91 Å². The monoisotopic (exact) mass is 503 g/mol. The second-order valence-electron chi connectivity index (χ2n) is 10.6. The van der Waals surface area contributed by atoms with Gasteiger partial charge in [0.15, 0.2) is 0 Å². The number of fused-ring (bicyclic) bond motifs is 1. The van der Waals surface area contributed by atoms with Gasteiger partial charge in [-0.2, -0.15) is 10.4 Å². The van der Waals surface area contributed by atoms with Crippen molar-refractivity contribution in [3.05, 3.63) is 42.4 Å². The maximum atomic E-state index is 12.9. The van der Waals surface area contributed by atoms with Crippen LogP contribution in [0.4, 0.5) is 5.82 Å². The lowest BCUT2D eigenvalue weighted by Crippen LogP contribution is -2.50. The zero-order valence-electron chi connectivity index (χ0n) is 21.5. The van der Waals surface area contributed by atoms with Crippen LogP contribution in [-0.2, 0) is 4.79 Å². The number of pyridine rings is 2. The summed E-state index contributed by atoms with van der Waals surface area (Å²) < 4.78 is 7.44. The highest BCUT2D eigenvalue weighted by atomic mass is 16.5. The molecule has 2 atom stereocenters. The van der Waals surface area contributed by atoms with Gasteiger partial charge in [-0.3, -0.25) is 4.79 Å². The second-order valence-corrected chi connectivity index (χ2v) is 10.6. The number of hydrogen-bond donors (Lipinski definition) is 2. The molecule has 10 nitrogen and oxygen atoms in total. The predicted molar refractivity (Wildman–Crippen MR) is 139 cm³/mol. The van der Waals surface area contributed by atoms with Gasteiger partial charge in [-0.15, -0.1) is 0 Å². The Labute approximate surface area is 216 Å². The fourth-order valence-electron chi connectivity index (χ4n) is 5.01. The molecule has 37 heavy (non-hydrogen) atoms. The molecule has 5 heterocycles. The predicted octanol–water partition coefficient (Wildman–Crippen LogP) is 2.06. The Bertz CT molecular complexity index is 1310. The molecule has 1 unspecified atom stereocenters. The number of nitrogens with one attached hydrogen (secondary N) is 1. The molecule has 2 fully saturated rings. The summed E-state index contributed by atoms with van der Waals surface area (Å²) in [5, 5.41) is 27.3. The summed E-state index contributed by atoms with van der Waals surface area (Å²) in [6.07, 6.45) is 5.94. The summed E-state index contributed by atoms with van der Waals surface area (Å²) in [5.41, 5.74) is 1.75. The molecule has 3 aromatic heterocycles. The zero-order valence-corrected chi connectivity index (χ0v) is 21.5. The first-order valence-electron chi connectivity index (χ1n) is 12.7. The molecule has 10 heteroatoms. The highest BCUT2D eigenvalue weighted by Crippen LogP contribution is 2.32. The molecule has 0 radical (unpaired) electrons. The van der Waals surface area contributed by atoms with E-state index in [1.807, 2.05) is 23.1 Å². The third-order valence-corrected chi connectivity index (χ3v) is 6.97. The molecule has 2 N–H and O–H groups in total. The second kappa shape index (κ2) is 10.00. The van der Waals surface area contributed by atoms with E-state index in [0.29, 0.717) is 36.0 Å². The Balaban J connectivity index is 1.32. The molecule has 0 spiro atoms. The summed E-state index contributed by atoms with van der Waals surface area (Å²) in [6, 6.07) is 8.41. The third kappa shape index (κ3) is 5.38. The lowest BCUT2D eigenvalue weighted by atomic mass is 10.0. The Morgan fingerprint density at radius 2 is 2.05 bits per heavy atom. The molecule has 2 saturated heterocycles. The lowest BCUT2D eigenvalue weighted by Gasteiger charge is -2.36. The van der Waals surface area contributed by atoms with Gasteiger partial charge >= 0.3 is 0 Å². The summed E-state index contributed by atoms with van der Waals surface area (Å²) in [7, 11) is 0. The molecule has 5 rings (SSSR count). The number of anilines is 1. The average Bonchev–Trinajstić information content (AvgIpc) is 3.52. The first-order chi connectivity index (χ1) is 17.7. The fraction of sp³-hybridized carbons (Fsp3) is 0.481. The number of rotatable bonds is 6. The van der Waals surface area contributed by atoms with Crippen molar-refractivity contribution in [1.29, 1.82) is 5.26 Å². The van der Waals surface area contributed by atoms with Gasteiger partial charge in [0.05, 0.1) is 35.0 Å². The minimum Gasteiger partial charge on any atom is -0.489 e. The number of hydrogen-bond acceptors (Lipinski definition) is 8. The molecule has 194 valence electrons. The number of carbonyl (C=O) groups excluding carboxylic acids is 1. The summed E-state index contributed by atoms with van der Waals surface area (Å²) in [6.45, 7) is 9.22. The van der Waals surface area contributed by atoms with E-state index in [0.717, 1.165) is 43.0 Å². The standard InChI is InChI=1S/C27H33N7O3/c1-18-10-20(14-29-18)26(35)33-8-6-32(7-9-33)24-5-4-19(13-30-24)23-11-22(37-17-27(2,3)36)16-34-25(23)21(12-28)15-31-34/h4-5,11,13,15-16,18,20,29,36H,6-10,14,17H2,1-3H3/t18?,20-/m0/s1. The van der Waals surface area contributed by atoms with Crippen LogP contribution >= 0.6 is 0 Å². The van der Waals surface area contributed by atoms with E-state index in [9.17, 15) is 15.2 Å². The van der Waals surface area contributed by atoms with Crippen molar-refractivity contribution in [2.75, 3.05) is 44.2 Å². The van der Waals surface area contributed by atoms with Crippen molar-refractivity contribution in [1.82, 2.24) is 24.8 Å². The van der Waals surface area contributed by atoms with Gasteiger partial charge in [0.25, 0.3) is 0 Å². The van der Waals surface area contributed by atoms with Crippen molar-refractivity contribution in [3.8, 4) is 22.9 Å². The van der Waals surface area contributed by atoms with Crippen molar-refractivity contribution < 1.29 is 14.6 Å². The maximum absolute atomic E-state index is 12.9. The maximum Gasteiger partial charge on any atom is 0.227 e. The summed E-state index contributed by atoms with van der Waals surface area (Å²) in [5.74, 6) is 1.73. The number of carbonyl (C=O) groups is 1. The number of nitrogens with zero attached hydrogens (tertiary/aromatic N) is 6. The number of nitriles is 1. The highest BCUT2D eigenvalue weighted by Gasteiger charge is 2.32. The number of piperazine rings is 1. The van der Waals surface area contributed by atoms with E-state index in [-0.39, 0.29) is 18.4 Å². The molecule has 2 aliphatic heterocycles. The topological polar surface area (TPSA) is 119 Å². The van der Waals surface area contributed by atoms with Crippen LogP contribution in [0.5, 0.6) is 5.75 Å². The average molecular weight is 504 g/mol. The normalized spacial score (nSPS) is 20.3. The van der Waals surface area contributed by atoms with Gasteiger partial charge < -0.3 is 25.0 Å². The minimum absolute atomic E-state index is 0.0841. The van der Waals surface area contributed by atoms with Gasteiger partial charge in [-0.05, 0) is 45.4 Å². The van der Waals surface area contributed by atoms with Crippen LogP contribution in [0.15, 0.2) is 36.8 Å². The molecule has 1 amide bonds. The van der Waals surface area contributed by atoms with Gasteiger partial charge in [0, 0.05) is 56.1 Å². The smallest absolute Gasteiger partial charge is 0.227 e. The van der Waals surface area contributed by atoms with E-state index < -0.39 is 5.60 Å². The minimum atomic E-state index is -0.985. The Morgan fingerprint density at radius 3 is 2.68 bits per heavy atom. The van der Waals surface area contributed by atoms with Crippen LogP contribution in [0.1, 0.15) is 32.8 Å². The molecule has 0 bridgehead atoms. The first kappa shape index (κ1) is 25.0. The highest BCUT2D eigenvalue weighted by molar-refractivity contribution is 5.85. The quantitative estimate of drug-likeness (QED) is 0.525. The molecule has 2 aliphatic rings. The molecule has 0 saturated carbocycles. The number of ether oxygens (including phenoxy) is 1. The van der Waals surface area contributed by atoms with Crippen molar-refractivity contribution >= 4 is 17.2 Å². The molecule has 0 aromatic carbocycles. The Morgan fingerprint density at radius 1 is 1.27 bits per heavy atom. The molecule has 3 aromatic rings. The van der Waals surface area contributed by atoms with Crippen molar-refractivity contribution in [3.63, 3.8) is 0 Å². The van der Waals surface area contributed by atoms with E-state index in [1.54, 1.807) is 30.8 Å². The van der Waals surface area contributed by atoms with Crippen LogP contribution in [0.25, 0.3) is 16.6 Å². The van der Waals surface area contributed by atoms with Crippen LogP contribution in [-0.4, -0.2) is 81.5 Å². The third-order valence-electron chi connectivity index (χ3n) is 6.97. The number of amides is 1. The molecule has 0 aliphatic carbocycles. The van der Waals surface area contributed by atoms with Crippen molar-refractivity contribution in [2.24, 2.45) is 5.92 Å². The first-order valence-corrected chi connectivity index (χ1v) is 12.7. The fourth-order valence-corrected chi connectivity index (χ4v) is 5.01. The van der Waals surface area contributed by atoms with Crippen LogP contribution < -0.4 is 15.0 Å². The van der Waals surface area contributed by atoms with Crippen molar-refractivity contribution in [2.45, 2.75) is 38.8 Å². The van der Waals surface area contributed by atoms with E-state index in [1.165, 1.54) is 6.20 Å². The summed E-state index contributed by atoms with van der Waals surface area (Å²) in [4.78, 5) is 21.7. The number of aromatic nitrogens is 3. The van der Waals surface area contributed by atoms with E-state index in [2.05, 4.69) is 28.3 Å². The van der Waals surface area contributed by atoms with Gasteiger partial charge in [-0.1, -0.05) is 0 Å². The van der Waals surface area contributed by atoms with Crippen LogP contribution in [0.3, 0.4) is 0 Å². The largest absolute Gasteiger partial charge is 0.489 e. The van der Waals surface area contributed by atoms with Gasteiger partial charge in [-0.25, -0.2) is 9.50 Å². The SMILES string of the molecule is CC1C[C@H](C(=O)N2CCN(c3ccc(-c4cc(OCC(C)(C)O)cn5ncc(C#N)c45)cn3)CC2)CN1.